The van der Waals surface area contributed by atoms with E-state index in [9.17, 15) is 9.59 Å². The Morgan fingerprint density at radius 3 is 2.77 bits per heavy atom. The maximum Gasteiger partial charge on any atom is 0.303 e. The zero-order chi connectivity index (χ0) is 21.3. The number of aromatic nitrogens is 1. The van der Waals surface area contributed by atoms with Gasteiger partial charge < -0.3 is 19.7 Å². The van der Waals surface area contributed by atoms with Crippen molar-refractivity contribution < 1.29 is 19.4 Å². The molecular formula is C23H23ClN2O4. The third-order valence-electron chi connectivity index (χ3n) is 5.63. The van der Waals surface area contributed by atoms with E-state index in [1.54, 1.807) is 7.11 Å². The molecular weight excluding hydrogens is 404 g/mol. The first-order valence-electron chi connectivity index (χ1n) is 9.93. The molecule has 156 valence electrons. The molecule has 1 amide bonds. The number of halogens is 1. The Morgan fingerprint density at radius 2 is 2.03 bits per heavy atom. The molecule has 1 aromatic heterocycles. The van der Waals surface area contributed by atoms with Gasteiger partial charge in [-0.05, 0) is 42.2 Å². The van der Waals surface area contributed by atoms with E-state index in [2.05, 4.69) is 11.1 Å². The van der Waals surface area contributed by atoms with Gasteiger partial charge in [-0.3, -0.25) is 9.59 Å². The third-order valence-corrected chi connectivity index (χ3v) is 5.92. The minimum atomic E-state index is -0.891. The van der Waals surface area contributed by atoms with Crippen LogP contribution < -0.4 is 4.74 Å². The second-order valence-corrected chi connectivity index (χ2v) is 7.85. The third kappa shape index (κ3) is 3.75. The Bertz CT molecular complexity index is 1110. The number of carbonyl (C=O) groups is 2. The molecule has 0 saturated carbocycles. The predicted octanol–water partition coefficient (Wildman–Crippen LogP) is 4.56. The van der Waals surface area contributed by atoms with Crippen molar-refractivity contribution in [2.45, 2.75) is 31.7 Å². The van der Waals surface area contributed by atoms with Gasteiger partial charge in [0, 0.05) is 36.0 Å². The van der Waals surface area contributed by atoms with Crippen LogP contribution in [0.1, 0.15) is 42.1 Å². The molecule has 7 heteroatoms. The number of hydrogen-bond acceptors (Lipinski definition) is 3. The largest absolute Gasteiger partial charge is 0.495 e. The zero-order valence-corrected chi connectivity index (χ0v) is 17.4. The Kier molecular flexibility index (Phi) is 5.68. The Labute approximate surface area is 179 Å². The second-order valence-electron chi connectivity index (χ2n) is 7.44. The number of amides is 1. The molecule has 0 radical (unpaired) electrons. The van der Waals surface area contributed by atoms with Gasteiger partial charge in [-0.25, -0.2) is 0 Å². The Hall–Kier alpha value is -2.99. The van der Waals surface area contributed by atoms with Crippen molar-refractivity contribution >= 4 is 34.4 Å². The molecule has 0 aliphatic carbocycles. The number of carbonyl (C=O) groups excluding carboxylic acids is 1. The van der Waals surface area contributed by atoms with Crippen molar-refractivity contribution in [1.29, 1.82) is 0 Å². The molecule has 2 aromatic carbocycles. The Morgan fingerprint density at radius 1 is 1.23 bits per heavy atom. The molecule has 2 heterocycles. The fraction of sp³-hybridized carbons (Fsp3) is 0.304. The summed E-state index contributed by atoms with van der Waals surface area (Å²) in [6.07, 6.45) is 1.24. The van der Waals surface area contributed by atoms with E-state index >= 15 is 0 Å². The van der Waals surface area contributed by atoms with Crippen LogP contribution in [0.4, 0.5) is 0 Å². The van der Waals surface area contributed by atoms with Gasteiger partial charge >= 0.3 is 5.97 Å². The van der Waals surface area contributed by atoms with E-state index in [-0.39, 0.29) is 24.8 Å². The minimum absolute atomic E-state index is 0.0176. The number of fused-ring (bicyclic) bond motifs is 3. The predicted molar refractivity (Wildman–Crippen MR) is 115 cm³/mol. The summed E-state index contributed by atoms with van der Waals surface area (Å²) < 4.78 is 5.28. The van der Waals surface area contributed by atoms with Gasteiger partial charge in [0.05, 0.1) is 18.2 Å². The van der Waals surface area contributed by atoms with Crippen molar-refractivity contribution in [2.75, 3.05) is 13.7 Å². The first-order chi connectivity index (χ1) is 14.5. The summed E-state index contributed by atoms with van der Waals surface area (Å²) in [5.74, 6) is -0.372. The molecule has 3 aromatic rings. The highest BCUT2D eigenvalue weighted by molar-refractivity contribution is 6.32. The van der Waals surface area contributed by atoms with E-state index in [4.69, 9.17) is 21.4 Å². The van der Waals surface area contributed by atoms with Gasteiger partial charge in [0.2, 0.25) is 5.91 Å². The van der Waals surface area contributed by atoms with Gasteiger partial charge in [-0.1, -0.05) is 35.9 Å². The van der Waals surface area contributed by atoms with Gasteiger partial charge in [-0.2, -0.15) is 0 Å². The van der Waals surface area contributed by atoms with Gasteiger partial charge in [0.15, 0.2) is 0 Å². The molecule has 30 heavy (non-hydrogen) atoms. The fourth-order valence-corrected chi connectivity index (χ4v) is 4.51. The summed E-state index contributed by atoms with van der Waals surface area (Å²) in [6.45, 7) is 0.565. The van der Waals surface area contributed by atoms with Crippen LogP contribution in [-0.4, -0.2) is 40.5 Å². The highest BCUT2D eigenvalue weighted by atomic mass is 35.5. The average molecular weight is 427 g/mol. The number of methoxy groups -OCH3 is 1. The van der Waals surface area contributed by atoms with Crippen molar-refractivity contribution in [2.24, 2.45) is 0 Å². The van der Waals surface area contributed by atoms with Gasteiger partial charge in [-0.15, -0.1) is 0 Å². The van der Waals surface area contributed by atoms with E-state index < -0.39 is 5.97 Å². The number of aromatic amines is 1. The average Bonchev–Trinajstić information content (AvgIpc) is 3.11. The quantitative estimate of drug-likeness (QED) is 0.605. The highest BCUT2D eigenvalue weighted by Crippen LogP contribution is 2.40. The lowest BCUT2D eigenvalue weighted by molar-refractivity contribution is -0.137. The molecule has 0 saturated heterocycles. The highest BCUT2D eigenvalue weighted by Gasteiger charge is 2.34. The molecule has 2 N–H and O–H groups in total. The molecule has 1 aliphatic rings. The fourth-order valence-electron chi connectivity index (χ4n) is 4.24. The van der Waals surface area contributed by atoms with E-state index in [0.29, 0.717) is 23.7 Å². The number of aliphatic carboxylic acids is 1. The summed E-state index contributed by atoms with van der Waals surface area (Å²) in [5.41, 5.74) is 4.11. The number of rotatable bonds is 6. The molecule has 0 fully saturated rings. The van der Waals surface area contributed by atoms with Gasteiger partial charge in [0.1, 0.15) is 5.75 Å². The van der Waals surface area contributed by atoms with Crippen LogP contribution in [0.15, 0.2) is 42.5 Å². The zero-order valence-electron chi connectivity index (χ0n) is 16.7. The molecule has 6 nitrogen and oxygen atoms in total. The number of carboxylic acid groups (broad SMARTS) is 1. The normalized spacial score (nSPS) is 15.8. The number of ether oxygens (including phenoxy) is 1. The first kappa shape index (κ1) is 20.3. The van der Waals surface area contributed by atoms with Crippen LogP contribution in [-0.2, 0) is 16.0 Å². The molecule has 1 unspecified atom stereocenters. The number of nitrogens with zero attached hydrogens (tertiary/aromatic N) is 1. The number of carboxylic acids is 1. The maximum atomic E-state index is 13.1. The standard InChI is InChI=1S/C23H23ClN2O4/c1-30-19-10-9-14(13-17(19)24)23-22-16(15-5-2-3-6-18(15)25-22)11-12-26(23)20(27)7-4-8-21(28)29/h2-3,5-6,9-10,13,23,25H,4,7-8,11-12H2,1H3,(H,28,29). The SMILES string of the molecule is COc1ccc(C2c3[nH]c4ccccc4c3CCN2C(=O)CCCC(=O)O)cc1Cl. The summed E-state index contributed by atoms with van der Waals surface area (Å²) in [7, 11) is 1.57. The van der Waals surface area contributed by atoms with Crippen molar-refractivity contribution in [1.82, 2.24) is 9.88 Å². The summed E-state index contributed by atoms with van der Waals surface area (Å²) in [4.78, 5) is 29.2. The molecule has 1 atom stereocenters. The summed E-state index contributed by atoms with van der Waals surface area (Å²) in [6, 6.07) is 13.4. The van der Waals surface area contributed by atoms with Crippen LogP contribution in [0.3, 0.4) is 0 Å². The van der Waals surface area contributed by atoms with Crippen molar-refractivity contribution in [3.05, 3.63) is 64.3 Å². The first-order valence-corrected chi connectivity index (χ1v) is 10.3. The molecule has 0 bridgehead atoms. The van der Waals surface area contributed by atoms with E-state index in [0.717, 1.165) is 28.6 Å². The molecule has 0 spiro atoms. The summed E-state index contributed by atoms with van der Waals surface area (Å²) >= 11 is 6.40. The lowest BCUT2D eigenvalue weighted by Gasteiger charge is -2.36. The van der Waals surface area contributed by atoms with Crippen molar-refractivity contribution in [3.63, 3.8) is 0 Å². The topological polar surface area (TPSA) is 82.6 Å². The van der Waals surface area contributed by atoms with Crippen LogP contribution in [0.25, 0.3) is 10.9 Å². The molecule has 4 rings (SSSR count). The van der Waals surface area contributed by atoms with E-state index in [1.165, 1.54) is 5.56 Å². The van der Waals surface area contributed by atoms with Crippen LogP contribution in [0.5, 0.6) is 5.75 Å². The monoisotopic (exact) mass is 426 g/mol. The summed E-state index contributed by atoms with van der Waals surface area (Å²) in [5, 5.41) is 10.5. The minimum Gasteiger partial charge on any atom is -0.495 e. The number of benzene rings is 2. The van der Waals surface area contributed by atoms with Crippen molar-refractivity contribution in [3.8, 4) is 5.75 Å². The number of para-hydroxylation sites is 1. The van der Waals surface area contributed by atoms with Gasteiger partial charge in [0.25, 0.3) is 0 Å². The lowest BCUT2D eigenvalue weighted by Crippen LogP contribution is -2.40. The lowest BCUT2D eigenvalue weighted by atomic mass is 9.92. The van der Waals surface area contributed by atoms with E-state index in [1.807, 2.05) is 41.3 Å². The smallest absolute Gasteiger partial charge is 0.303 e. The van der Waals surface area contributed by atoms with Crippen LogP contribution in [0, 0.1) is 0 Å². The number of hydrogen-bond donors (Lipinski definition) is 2. The molecule has 1 aliphatic heterocycles. The Balaban J connectivity index is 1.76. The van der Waals surface area contributed by atoms with Crippen LogP contribution >= 0.6 is 11.6 Å². The van der Waals surface area contributed by atoms with Crippen LogP contribution in [0.2, 0.25) is 5.02 Å². The number of nitrogens with one attached hydrogen (secondary N) is 1. The maximum absolute atomic E-state index is 13.1. The number of H-pyrrole nitrogens is 1. The second kappa shape index (κ2) is 8.40.